The number of nitrogens with one attached hydrogen (secondary N) is 1. The Morgan fingerprint density at radius 3 is 2.44 bits per heavy atom. The Labute approximate surface area is 210 Å². The van der Waals surface area contributed by atoms with Gasteiger partial charge in [0, 0.05) is 38.5 Å². The predicted octanol–water partition coefficient (Wildman–Crippen LogP) is 3.64. The molecule has 1 aromatic heterocycles. The number of hydrogen-bond acceptors (Lipinski definition) is 7. The second kappa shape index (κ2) is 11.0. The van der Waals surface area contributed by atoms with Gasteiger partial charge in [-0.1, -0.05) is 6.07 Å². The third-order valence-electron chi connectivity index (χ3n) is 5.38. The number of anilines is 1. The van der Waals surface area contributed by atoms with Crippen LogP contribution >= 0.6 is 0 Å². The molecule has 36 heavy (non-hydrogen) atoms. The largest absolute Gasteiger partial charge is 0.497 e. The number of pyridine rings is 1. The molecule has 1 heterocycles. The minimum atomic E-state index is -3.93. The molecule has 0 unspecified atom stereocenters. The van der Waals surface area contributed by atoms with Crippen molar-refractivity contribution in [3.05, 3.63) is 83.1 Å². The number of aryl methyl sites for hydroxylation is 1. The zero-order valence-corrected chi connectivity index (χ0v) is 21.2. The average Bonchev–Trinajstić information content (AvgIpc) is 2.86. The summed E-state index contributed by atoms with van der Waals surface area (Å²) in [6.07, 6.45) is 4.30. The molecule has 1 amide bonds. The van der Waals surface area contributed by atoms with Gasteiger partial charge in [-0.05, 0) is 66.6 Å². The van der Waals surface area contributed by atoms with Gasteiger partial charge < -0.3 is 20.1 Å². The van der Waals surface area contributed by atoms with E-state index in [1.54, 1.807) is 57.4 Å². The van der Waals surface area contributed by atoms with Crippen LogP contribution in [0.4, 0.5) is 5.69 Å². The minimum absolute atomic E-state index is 0.00426. The van der Waals surface area contributed by atoms with Crippen molar-refractivity contribution in [3.8, 4) is 5.75 Å². The van der Waals surface area contributed by atoms with Gasteiger partial charge in [-0.2, -0.15) is 0 Å². The number of carbonyl (C=O) groups excluding carboxylic acids is 1. The Balaban J connectivity index is 1.93. The number of methoxy groups -OCH3 is 1. The first-order valence-corrected chi connectivity index (χ1v) is 12.4. The lowest BCUT2D eigenvalue weighted by atomic mass is 10.0. The van der Waals surface area contributed by atoms with E-state index >= 15 is 0 Å². The van der Waals surface area contributed by atoms with Crippen molar-refractivity contribution >= 4 is 33.5 Å². The summed E-state index contributed by atoms with van der Waals surface area (Å²) in [6.45, 7) is 1.76. The molecule has 0 fully saturated rings. The van der Waals surface area contributed by atoms with Crippen molar-refractivity contribution < 1.29 is 27.9 Å². The molecule has 0 spiro atoms. The fourth-order valence-electron chi connectivity index (χ4n) is 3.48. The van der Waals surface area contributed by atoms with E-state index in [1.807, 2.05) is 0 Å². The summed E-state index contributed by atoms with van der Waals surface area (Å²) in [5.41, 5.74) is 1.89. The topological polar surface area (TPSA) is 126 Å². The van der Waals surface area contributed by atoms with Crippen LogP contribution in [-0.2, 0) is 21.2 Å². The Bertz CT molecular complexity index is 1410. The molecular formula is C26H27N3O6S. The maximum atomic E-state index is 13.3. The van der Waals surface area contributed by atoms with E-state index in [2.05, 4.69) is 10.3 Å². The van der Waals surface area contributed by atoms with Crippen LogP contribution in [-0.4, -0.2) is 56.5 Å². The maximum Gasteiger partial charge on any atom is 0.337 e. The van der Waals surface area contributed by atoms with E-state index in [1.165, 1.54) is 42.5 Å². The van der Waals surface area contributed by atoms with Gasteiger partial charge in [0.2, 0.25) is 15.7 Å². The van der Waals surface area contributed by atoms with Gasteiger partial charge in [-0.3, -0.25) is 4.79 Å². The highest BCUT2D eigenvalue weighted by atomic mass is 32.2. The van der Waals surface area contributed by atoms with Crippen LogP contribution in [0.5, 0.6) is 5.75 Å². The van der Waals surface area contributed by atoms with Gasteiger partial charge in [0.25, 0.3) is 0 Å². The number of aromatic nitrogens is 1. The van der Waals surface area contributed by atoms with E-state index in [0.717, 1.165) is 0 Å². The monoisotopic (exact) mass is 509 g/mol. The highest BCUT2D eigenvalue weighted by Gasteiger charge is 2.23. The number of amides is 1. The van der Waals surface area contributed by atoms with Crippen LogP contribution in [0.2, 0.25) is 0 Å². The Morgan fingerprint density at radius 1 is 1.14 bits per heavy atom. The number of carbonyl (C=O) groups is 2. The molecule has 0 bridgehead atoms. The predicted molar refractivity (Wildman–Crippen MR) is 136 cm³/mol. The number of aromatic carboxylic acids is 1. The number of carboxylic acid groups (broad SMARTS) is 1. The fourth-order valence-corrected chi connectivity index (χ4v) is 4.88. The molecule has 0 atom stereocenters. The van der Waals surface area contributed by atoms with E-state index in [4.69, 9.17) is 4.74 Å². The van der Waals surface area contributed by atoms with Gasteiger partial charge in [-0.15, -0.1) is 0 Å². The van der Waals surface area contributed by atoms with Gasteiger partial charge in [0.1, 0.15) is 5.75 Å². The molecule has 188 valence electrons. The standard InChI is InChI=1S/C26H27N3O6S/c1-17-14-18(7-12-23(30)29(2)3)15-22(26(31)32)24(17)28-16-19-6-5-13-27-25(19)36(33,34)21-10-8-20(35-4)9-11-21/h5-15,28H,16H2,1-4H3,(H,31,32)/b12-7+. The Hall–Kier alpha value is -4.18. The first-order chi connectivity index (χ1) is 17.0. The first kappa shape index (κ1) is 26.4. The summed E-state index contributed by atoms with van der Waals surface area (Å²) < 4.78 is 31.6. The lowest BCUT2D eigenvalue weighted by Crippen LogP contribution is -2.18. The number of benzene rings is 2. The molecule has 2 N–H and O–H groups in total. The van der Waals surface area contributed by atoms with Crippen LogP contribution in [0.1, 0.15) is 27.0 Å². The third-order valence-corrected chi connectivity index (χ3v) is 7.15. The summed E-state index contributed by atoms with van der Waals surface area (Å²) in [7, 11) is 0.799. The molecule has 0 saturated heterocycles. The molecular weight excluding hydrogens is 482 g/mol. The zero-order chi connectivity index (χ0) is 26.5. The highest BCUT2D eigenvalue weighted by Crippen LogP contribution is 2.27. The Kier molecular flexibility index (Phi) is 8.11. The maximum absolute atomic E-state index is 13.3. The molecule has 3 rings (SSSR count). The summed E-state index contributed by atoms with van der Waals surface area (Å²) in [5.74, 6) is -0.862. The second-order valence-corrected chi connectivity index (χ2v) is 10.00. The SMILES string of the molecule is COc1ccc(S(=O)(=O)c2ncccc2CNc2c(C)cc(/C=C/C(=O)N(C)C)cc2C(=O)O)cc1. The van der Waals surface area contributed by atoms with E-state index in [9.17, 15) is 23.1 Å². The molecule has 10 heteroatoms. The molecule has 0 aliphatic heterocycles. The van der Waals surface area contributed by atoms with Crippen molar-refractivity contribution in [1.29, 1.82) is 0 Å². The summed E-state index contributed by atoms with van der Waals surface area (Å²) in [6, 6.07) is 12.4. The number of hydrogen-bond donors (Lipinski definition) is 2. The van der Waals surface area contributed by atoms with Crippen molar-refractivity contribution in [2.24, 2.45) is 0 Å². The molecule has 9 nitrogen and oxygen atoms in total. The molecule has 0 radical (unpaired) electrons. The minimum Gasteiger partial charge on any atom is -0.497 e. The van der Waals surface area contributed by atoms with Crippen LogP contribution in [0.3, 0.4) is 0 Å². The van der Waals surface area contributed by atoms with E-state index in [-0.39, 0.29) is 27.9 Å². The molecule has 0 aliphatic carbocycles. The van der Waals surface area contributed by atoms with E-state index in [0.29, 0.717) is 28.1 Å². The van der Waals surface area contributed by atoms with Crippen molar-refractivity contribution in [2.75, 3.05) is 26.5 Å². The fraction of sp³-hybridized carbons (Fsp3) is 0.192. The van der Waals surface area contributed by atoms with Gasteiger partial charge in [-0.25, -0.2) is 18.2 Å². The number of carboxylic acids is 1. The molecule has 0 aliphatic rings. The third kappa shape index (κ3) is 5.89. The number of nitrogens with zero attached hydrogens (tertiary/aromatic N) is 2. The quantitative estimate of drug-likeness (QED) is 0.419. The van der Waals surface area contributed by atoms with Gasteiger partial charge in [0.05, 0.1) is 23.3 Å². The summed E-state index contributed by atoms with van der Waals surface area (Å²) >= 11 is 0. The number of rotatable bonds is 9. The molecule has 3 aromatic rings. The van der Waals surface area contributed by atoms with Crippen LogP contribution in [0.15, 0.2) is 70.7 Å². The van der Waals surface area contributed by atoms with Gasteiger partial charge in [0.15, 0.2) is 5.03 Å². The molecule has 2 aromatic carbocycles. The van der Waals surface area contributed by atoms with E-state index < -0.39 is 15.8 Å². The zero-order valence-electron chi connectivity index (χ0n) is 20.3. The number of sulfone groups is 1. The van der Waals surface area contributed by atoms with Gasteiger partial charge >= 0.3 is 5.97 Å². The second-order valence-electron chi connectivity index (χ2n) is 8.13. The summed E-state index contributed by atoms with van der Waals surface area (Å²) in [5, 5.41) is 12.7. The number of likely N-dealkylation sites (N-methyl/N-ethyl adjacent to an activating group) is 1. The molecule has 0 saturated carbocycles. The normalized spacial score (nSPS) is 11.3. The lowest BCUT2D eigenvalue weighted by molar-refractivity contribution is -0.123. The van der Waals surface area contributed by atoms with Crippen molar-refractivity contribution in [1.82, 2.24) is 9.88 Å². The average molecular weight is 510 g/mol. The lowest BCUT2D eigenvalue weighted by Gasteiger charge is -2.16. The number of ether oxygens (including phenoxy) is 1. The van der Waals surface area contributed by atoms with Crippen LogP contribution in [0.25, 0.3) is 6.08 Å². The summed E-state index contributed by atoms with van der Waals surface area (Å²) in [4.78, 5) is 29.4. The van der Waals surface area contributed by atoms with Crippen LogP contribution in [0, 0.1) is 6.92 Å². The van der Waals surface area contributed by atoms with Crippen molar-refractivity contribution in [3.63, 3.8) is 0 Å². The Morgan fingerprint density at radius 2 is 1.83 bits per heavy atom. The first-order valence-electron chi connectivity index (χ1n) is 10.9. The smallest absolute Gasteiger partial charge is 0.337 e. The van der Waals surface area contributed by atoms with Crippen molar-refractivity contribution in [2.45, 2.75) is 23.4 Å². The van der Waals surface area contributed by atoms with Crippen LogP contribution < -0.4 is 10.1 Å². The highest BCUT2D eigenvalue weighted by molar-refractivity contribution is 7.91.